The number of benzene rings is 1. The van der Waals surface area contributed by atoms with Crippen LogP contribution in [-0.2, 0) is 4.74 Å². The third kappa shape index (κ3) is 4.05. The largest absolute Gasteiger partial charge is 0.376 e. The van der Waals surface area contributed by atoms with Gasteiger partial charge in [-0.15, -0.1) is 0 Å². The highest BCUT2D eigenvalue weighted by Gasteiger charge is 2.22. The van der Waals surface area contributed by atoms with Crippen molar-refractivity contribution in [1.29, 1.82) is 0 Å². The molecule has 0 spiro atoms. The zero-order chi connectivity index (χ0) is 13.5. The van der Waals surface area contributed by atoms with Crippen LogP contribution in [0.1, 0.15) is 50.6 Å². The van der Waals surface area contributed by atoms with E-state index in [9.17, 15) is 0 Å². The van der Waals surface area contributed by atoms with Crippen LogP contribution in [-0.4, -0.2) is 19.8 Å². The molecule has 1 N–H and O–H groups in total. The first-order valence-corrected chi connectivity index (χ1v) is 7.69. The molecule has 0 radical (unpaired) electrons. The summed E-state index contributed by atoms with van der Waals surface area (Å²) in [4.78, 5) is 0. The summed E-state index contributed by atoms with van der Waals surface area (Å²) < 4.78 is 6.14. The fraction of sp³-hybridized carbons (Fsp3) is 0.647. The predicted molar refractivity (Wildman–Crippen MR) is 80.2 cm³/mol. The van der Waals surface area contributed by atoms with Gasteiger partial charge in [0.1, 0.15) is 0 Å². The Hall–Kier alpha value is -0.860. The van der Waals surface area contributed by atoms with Crippen molar-refractivity contribution in [2.24, 2.45) is 5.92 Å². The van der Waals surface area contributed by atoms with Crippen molar-refractivity contribution in [3.05, 3.63) is 35.9 Å². The van der Waals surface area contributed by atoms with Gasteiger partial charge in [-0.05, 0) is 31.4 Å². The quantitative estimate of drug-likeness (QED) is 0.765. The number of nitrogens with one attached hydrogen (secondary N) is 1. The Morgan fingerprint density at radius 2 is 2.00 bits per heavy atom. The first-order valence-electron chi connectivity index (χ1n) is 7.69. The molecule has 2 atom stereocenters. The van der Waals surface area contributed by atoms with Gasteiger partial charge in [0.15, 0.2) is 0 Å². The molecule has 0 aromatic heterocycles. The van der Waals surface area contributed by atoms with Gasteiger partial charge in [0.2, 0.25) is 0 Å². The lowest BCUT2D eigenvalue weighted by molar-refractivity contribution is 0.0131. The van der Waals surface area contributed by atoms with Gasteiger partial charge in [-0.25, -0.2) is 0 Å². The molecule has 106 valence electrons. The van der Waals surface area contributed by atoms with E-state index in [0.29, 0.717) is 6.04 Å². The third-order valence-electron chi connectivity index (χ3n) is 4.33. The van der Waals surface area contributed by atoms with E-state index in [-0.39, 0.29) is 6.10 Å². The van der Waals surface area contributed by atoms with Gasteiger partial charge < -0.3 is 10.1 Å². The Balaban J connectivity index is 1.86. The van der Waals surface area contributed by atoms with Crippen LogP contribution < -0.4 is 5.32 Å². The molecule has 2 unspecified atom stereocenters. The molecule has 2 nitrogen and oxygen atoms in total. The molecule has 19 heavy (non-hydrogen) atoms. The summed E-state index contributed by atoms with van der Waals surface area (Å²) >= 11 is 0. The maximum atomic E-state index is 6.14. The van der Waals surface area contributed by atoms with Gasteiger partial charge in [0.25, 0.3) is 0 Å². The van der Waals surface area contributed by atoms with Gasteiger partial charge in [0.05, 0.1) is 12.1 Å². The molecule has 2 rings (SSSR count). The fourth-order valence-electron chi connectivity index (χ4n) is 2.84. The van der Waals surface area contributed by atoms with Crippen LogP contribution in [0.25, 0.3) is 0 Å². The van der Waals surface area contributed by atoms with Crippen LogP contribution in [0.15, 0.2) is 30.3 Å². The zero-order valence-electron chi connectivity index (χ0n) is 12.3. The average molecular weight is 261 g/mol. The molecule has 2 heteroatoms. The number of rotatable bonds is 8. The minimum atomic E-state index is 0.271. The van der Waals surface area contributed by atoms with Gasteiger partial charge in [-0.3, -0.25) is 0 Å². The third-order valence-corrected chi connectivity index (χ3v) is 4.33. The van der Waals surface area contributed by atoms with Crippen LogP contribution in [0.2, 0.25) is 0 Å². The normalized spacial score (nSPS) is 18.8. The standard InChI is InChI=1S/C17H27NO/c1-3-16(19-13-12-14-8-7-9-14)17(18-2)15-10-5-4-6-11-15/h4-6,10-11,14,16-18H,3,7-9,12-13H2,1-2H3. The highest BCUT2D eigenvalue weighted by molar-refractivity contribution is 5.20. The van der Waals surface area contributed by atoms with Crippen LogP contribution >= 0.6 is 0 Å². The SMILES string of the molecule is CCC(OCCC1CCC1)C(NC)c1ccccc1. The van der Waals surface area contributed by atoms with Crippen LogP contribution in [0.3, 0.4) is 0 Å². The average Bonchev–Trinajstić information content (AvgIpc) is 2.41. The molecule has 0 bridgehead atoms. The van der Waals surface area contributed by atoms with Gasteiger partial charge >= 0.3 is 0 Å². The molecular weight excluding hydrogens is 234 g/mol. The monoisotopic (exact) mass is 261 g/mol. The molecule has 1 aromatic carbocycles. The second-order valence-corrected chi connectivity index (χ2v) is 5.58. The molecule has 0 saturated heterocycles. The Kier molecular flexibility index (Phi) is 5.87. The minimum Gasteiger partial charge on any atom is -0.376 e. The maximum Gasteiger partial charge on any atom is 0.0767 e. The van der Waals surface area contributed by atoms with Crippen molar-refractivity contribution >= 4 is 0 Å². The molecule has 1 aliphatic rings. The minimum absolute atomic E-state index is 0.271. The summed E-state index contributed by atoms with van der Waals surface area (Å²) in [6, 6.07) is 10.9. The first-order chi connectivity index (χ1) is 9.35. The summed E-state index contributed by atoms with van der Waals surface area (Å²) in [6.07, 6.45) is 6.80. The molecule has 0 heterocycles. The summed E-state index contributed by atoms with van der Waals surface area (Å²) in [6.45, 7) is 3.12. The van der Waals surface area contributed by atoms with Crippen molar-refractivity contribution in [2.45, 2.75) is 51.2 Å². The van der Waals surface area contributed by atoms with Crippen molar-refractivity contribution in [2.75, 3.05) is 13.7 Å². The topological polar surface area (TPSA) is 21.3 Å². The van der Waals surface area contributed by atoms with E-state index in [1.165, 1.54) is 31.2 Å². The lowest BCUT2D eigenvalue weighted by Crippen LogP contribution is -2.32. The van der Waals surface area contributed by atoms with Crippen molar-refractivity contribution < 1.29 is 4.74 Å². The summed E-state index contributed by atoms with van der Waals surface area (Å²) in [5.74, 6) is 0.933. The van der Waals surface area contributed by atoms with E-state index < -0.39 is 0 Å². The van der Waals surface area contributed by atoms with E-state index >= 15 is 0 Å². The van der Waals surface area contributed by atoms with Gasteiger partial charge in [-0.2, -0.15) is 0 Å². The molecule has 1 fully saturated rings. The van der Waals surface area contributed by atoms with E-state index in [2.05, 4.69) is 42.6 Å². The number of likely N-dealkylation sites (N-methyl/N-ethyl adjacent to an activating group) is 1. The number of ether oxygens (including phenoxy) is 1. The zero-order valence-corrected chi connectivity index (χ0v) is 12.3. The van der Waals surface area contributed by atoms with Crippen LogP contribution in [0.4, 0.5) is 0 Å². The Bertz CT molecular complexity index is 348. The Labute approximate surface area is 117 Å². The van der Waals surface area contributed by atoms with E-state index in [4.69, 9.17) is 4.74 Å². The van der Waals surface area contributed by atoms with Crippen molar-refractivity contribution in [3.8, 4) is 0 Å². The van der Waals surface area contributed by atoms with E-state index in [1.54, 1.807) is 0 Å². The van der Waals surface area contributed by atoms with Crippen LogP contribution in [0, 0.1) is 5.92 Å². The molecular formula is C17H27NO. The summed E-state index contributed by atoms with van der Waals surface area (Å²) in [5.41, 5.74) is 1.32. The van der Waals surface area contributed by atoms with Gasteiger partial charge in [-0.1, -0.05) is 56.5 Å². The molecule has 1 aromatic rings. The molecule has 0 aliphatic heterocycles. The Morgan fingerprint density at radius 1 is 1.26 bits per heavy atom. The fourth-order valence-corrected chi connectivity index (χ4v) is 2.84. The number of hydrogen-bond acceptors (Lipinski definition) is 2. The van der Waals surface area contributed by atoms with Gasteiger partial charge in [0, 0.05) is 6.61 Å². The second-order valence-electron chi connectivity index (χ2n) is 5.58. The maximum absolute atomic E-state index is 6.14. The first kappa shape index (κ1) is 14.5. The highest BCUT2D eigenvalue weighted by Crippen LogP contribution is 2.30. The van der Waals surface area contributed by atoms with Crippen LogP contribution in [0.5, 0.6) is 0 Å². The molecule has 1 saturated carbocycles. The predicted octanol–water partition coefficient (Wildman–Crippen LogP) is 3.93. The second kappa shape index (κ2) is 7.66. The lowest BCUT2D eigenvalue weighted by atomic mass is 9.83. The van der Waals surface area contributed by atoms with Crippen molar-refractivity contribution in [3.63, 3.8) is 0 Å². The number of hydrogen-bond donors (Lipinski definition) is 1. The summed E-state index contributed by atoms with van der Waals surface area (Å²) in [7, 11) is 2.02. The summed E-state index contributed by atoms with van der Waals surface area (Å²) in [5, 5.41) is 3.41. The van der Waals surface area contributed by atoms with Crippen molar-refractivity contribution in [1.82, 2.24) is 5.32 Å². The lowest BCUT2D eigenvalue weighted by Gasteiger charge is -2.29. The van der Waals surface area contributed by atoms with E-state index in [0.717, 1.165) is 18.9 Å². The molecule has 0 amide bonds. The molecule has 1 aliphatic carbocycles. The Morgan fingerprint density at radius 3 is 2.53 bits per heavy atom. The van der Waals surface area contributed by atoms with E-state index in [1.807, 2.05) is 7.05 Å². The highest BCUT2D eigenvalue weighted by atomic mass is 16.5. The smallest absolute Gasteiger partial charge is 0.0767 e.